The van der Waals surface area contributed by atoms with Gasteiger partial charge in [0, 0.05) is 6.54 Å². The van der Waals surface area contributed by atoms with Gasteiger partial charge in [-0.1, -0.05) is 29.3 Å². The number of halogens is 3. The molecule has 0 aliphatic carbocycles. The lowest BCUT2D eigenvalue weighted by molar-refractivity contribution is -0.00664. The second kappa shape index (κ2) is 6.25. The van der Waals surface area contributed by atoms with Crippen molar-refractivity contribution >= 4 is 29.3 Å². The number of hydrogen-bond acceptors (Lipinski definition) is 2. The van der Waals surface area contributed by atoms with Crippen molar-refractivity contribution in [1.29, 1.82) is 0 Å². The number of hydrogen-bond donors (Lipinski definition) is 0. The van der Waals surface area contributed by atoms with Crippen molar-refractivity contribution in [1.82, 2.24) is 4.90 Å². The van der Waals surface area contributed by atoms with Crippen LogP contribution in [0.5, 0.6) is 0 Å². The van der Waals surface area contributed by atoms with E-state index in [1.807, 2.05) is 0 Å². The number of nitrogens with zero attached hydrogens (tertiary/aromatic N) is 1. The number of piperidine rings is 1. The summed E-state index contributed by atoms with van der Waals surface area (Å²) in [6.07, 6.45) is 0.412. The highest BCUT2D eigenvalue weighted by Gasteiger charge is 2.40. The van der Waals surface area contributed by atoms with Gasteiger partial charge in [-0.25, -0.2) is 9.18 Å². The lowest BCUT2D eigenvalue weighted by Crippen LogP contribution is -2.48. The average Bonchev–Trinajstić information content (AvgIpc) is 2.40. The molecule has 0 aromatic heterocycles. The first kappa shape index (κ1) is 17.4. The number of alkyl halides is 1. The summed E-state index contributed by atoms with van der Waals surface area (Å²) in [7, 11) is 0. The van der Waals surface area contributed by atoms with E-state index in [0.717, 1.165) is 0 Å². The normalized spacial score (nSPS) is 22.5. The van der Waals surface area contributed by atoms with Crippen LogP contribution < -0.4 is 0 Å². The van der Waals surface area contributed by atoms with Crippen LogP contribution in [0.1, 0.15) is 39.2 Å². The molecule has 1 unspecified atom stereocenters. The molecule has 0 saturated carbocycles. The van der Waals surface area contributed by atoms with Gasteiger partial charge < -0.3 is 9.64 Å². The molecule has 0 spiro atoms. The Morgan fingerprint density at radius 3 is 2.59 bits per heavy atom. The van der Waals surface area contributed by atoms with Gasteiger partial charge in [-0.3, -0.25) is 0 Å². The van der Waals surface area contributed by atoms with Crippen LogP contribution in [0.3, 0.4) is 0 Å². The summed E-state index contributed by atoms with van der Waals surface area (Å²) in [6, 6.07) is 4.72. The molecule has 1 amide bonds. The van der Waals surface area contributed by atoms with Crippen LogP contribution in [0.4, 0.5) is 9.18 Å². The SMILES string of the molecule is CC(C)(C)OC(=O)N1CCCC(F)(c2ccc(Cl)c(Cl)c2)C1. The molecule has 0 bridgehead atoms. The van der Waals surface area contributed by atoms with Crippen molar-refractivity contribution in [2.45, 2.75) is 44.9 Å². The summed E-state index contributed by atoms with van der Waals surface area (Å²) in [6.45, 7) is 5.81. The van der Waals surface area contributed by atoms with Crippen molar-refractivity contribution in [3.63, 3.8) is 0 Å². The van der Waals surface area contributed by atoms with Crippen molar-refractivity contribution in [2.24, 2.45) is 0 Å². The molecule has 122 valence electrons. The third-order valence-electron chi connectivity index (χ3n) is 3.53. The standard InChI is InChI=1S/C16H20Cl2FNO2/c1-15(2,3)22-14(21)20-8-4-7-16(19,10-20)11-5-6-12(17)13(18)9-11/h5-6,9H,4,7-8,10H2,1-3H3. The molecule has 1 fully saturated rings. The van der Waals surface area contributed by atoms with E-state index in [2.05, 4.69) is 0 Å². The van der Waals surface area contributed by atoms with Crippen LogP contribution in [0.2, 0.25) is 10.0 Å². The van der Waals surface area contributed by atoms with Gasteiger partial charge in [-0.15, -0.1) is 0 Å². The molecule has 1 saturated heterocycles. The molecule has 2 rings (SSSR count). The van der Waals surface area contributed by atoms with Gasteiger partial charge in [0.25, 0.3) is 0 Å². The predicted octanol–water partition coefficient (Wildman–Crippen LogP) is 5.19. The average molecular weight is 348 g/mol. The van der Waals surface area contributed by atoms with E-state index in [9.17, 15) is 4.79 Å². The molecule has 0 N–H and O–H groups in total. The third kappa shape index (κ3) is 4.05. The van der Waals surface area contributed by atoms with Crippen LogP contribution in [-0.2, 0) is 10.4 Å². The van der Waals surface area contributed by atoms with Crippen LogP contribution in [0.25, 0.3) is 0 Å². The number of amides is 1. The minimum absolute atomic E-state index is 0.0418. The molecular weight excluding hydrogens is 328 g/mol. The highest BCUT2D eigenvalue weighted by molar-refractivity contribution is 6.42. The van der Waals surface area contributed by atoms with E-state index in [4.69, 9.17) is 27.9 Å². The minimum Gasteiger partial charge on any atom is -0.444 e. The molecule has 1 aliphatic heterocycles. The van der Waals surface area contributed by atoms with Gasteiger partial charge in [0.2, 0.25) is 0 Å². The molecule has 1 aliphatic rings. The Morgan fingerprint density at radius 2 is 2.00 bits per heavy atom. The third-order valence-corrected chi connectivity index (χ3v) is 4.27. The summed E-state index contributed by atoms with van der Waals surface area (Å²) >= 11 is 11.9. The first-order valence-corrected chi connectivity index (χ1v) is 7.99. The van der Waals surface area contributed by atoms with E-state index >= 15 is 4.39 Å². The van der Waals surface area contributed by atoms with Crippen LogP contribution in [-0.4, -0.2) is 29.7 Å². The van der Waals surface area contributed by atoms with Gasteiger partial charge in [-0.2, -0.15) is 0 Å². The summed E-state index contributed by atoms with van der Waals surface area (Å²) in [5, 5.41) is 0.694. The minimum atomic E-state index is -1.64. The summed E-state index contributed by atoms with van der Waals surface area (Å²) in [5.41, 5.74) is -1.80. The van der Waals surface area contributed by atoms with E-state index in [0.29, 0.717) is 35.0 Å². The van der Waals surface area contributed by atoms with Gasteiger partial charge >= 0.3 is 6.09 Å². The molecular formula is C16H20Cl2FNO2. The summed E-state index contributed by atoms with van der Waals surface area (Å²) in [5.74, 6) is 0. The lowest BCUT2D eigenvalue weighted by atomic mass is 9.87. The Morgan fingerprint density at radius 1 is 1.32 bits per heavy atom. The molecule has 22 heavy (non-hydrogen) atoms. The Labute approximate surface area is 140 Å². The van der Waals surface area contributed by atoms with E-state index in [1.165, 1.54) is 11.0 Å². The van der Waals surface area contributed by atoms with Crippen molar-refractivity contribution in [3.8, 4) is 0 Å². The topological polar surface area (TPSA) is 29.5 Å². The summed E-state index contributed by atoms with van der Waals surface area (Å²) in [4.78, 5) is 13.6. The number of likely N-dealkylation sites (tertiary alicyclic amines) is 1. The number of ether oxygens (including phenoxy) is 1. The maximum atomic E-state index is 15.3. The van der Waals surface area contributed by atoms with Crippen molar-refractivity contribution in [2.75, 3.05) is 13.1 Å². The quantitative estimate of drug-likeness (QED) is 0.699. The molecule has 1 aromatic rings. The van der Waals surface area contributed by atoms with Gasteiger partial charge in [0.15, 0.2) is 5.67 Å². The number of rotatable bonds is 1. The van der Waals surface area contributed by atoms with Crippen molar-refractivity contribution in [3.05, 3.63) is 33.8 Å². The first-order chi connectivity index (χ1) is 10.1. The van der Waals surface area contributed by atoms with Crippen LogP contribution in [0.15, 0.2) is 18.2 Å². The fraction of sp³-hybridized carbons (Fsp3) is 0.562. The van der Waals surface area contributed by atoms with E-state index in [-0.39, 0.29) is 6.54 Å². The fourth-order valence-corrected chi connectivity index (χ4v) is 2.80. The molecule has 1 aromatic carbocycles. The first-order valence-electron chi connectivity index (χ1n) is 7.23. The maximum Gasteiger partial charge on any atom is 0.410 e. The van der Waals surface area contributed by atoms with Gasteiger partial charge in [0.1, 0.15) is 5.60 Å². The second-order valence-corrected chi connectivity index (χ2v) is 7.41. The number of carbonyl (C=O) groups excluding carboxylic acids is 1. The molecule has 1 heterocycles. The number of carbonyl (C=O) groups is 1. The van der Waals surface area contributed by atoms with Gasteiger partial charge in [-0.05, 0) is 51.3 Å². The predicted molar refractivity (Wildman–Crippen MR) is 86.3 cm³/mol. The number of benzene rings is 1. The lowest BCUT2D eigenvalue weighted by Gasteiger charge is -2.38. The maximum absolute atomic E-state index is 15.3. The highest BCUT2D eigenvalue weighted by Crippen LogP contribution is 2.38. The smallest absolute Gasteiger partial charge is 0.410 e. The Bertz CT molecular complexity index is 574. The second-order valence-electron chi connectivity index (χ2n) is 6.60. The Hall–Kier alpha value is -1.000. The van der Waals surface area contributed by atoms with Crippen LogP contribution >= 0.6 is 23.2 Å². The zero-order chi connectivity index (χ0) is 16.5. The Balaban J connectivity index is 2.18. The van der Waals surface area contributed by atoms with Gasteiger partial charge in [0.05, 0.1) is 16.6 Å². The molecule has 0 radical (unpaired) electrons. The Kier molecular flexibility index (Phi) is 4.93. The summed E-state index contributed by atoms with van der Waals surface area (Å²) < 4.78 is 20.6. The molecule has 1 atom stereocenters. The molecule has 3 nitrogen and oxygen atoms in total. The van der Waals surface area contributed by atoms with E-state index < -0.39 is 17.4 Å². The zero-order valence-corrected chi connectivity index (χ0v) is 14.5. The van der Waals surface area contributed by atoms with Crippen LogP contribution in [0, 0.1) is 0 Å². The zero-order valence-electron chi connectivity index (χ0n) is 13.0. The largest absolute Gasteiger partial charge is 0.444 e. The highest BCUT2D eigenvalue weighted by atomic mass is 35.5. The van der Waals surface area contributed by atoms with E-state index in [1.54, 1.807) is 32.9 Å². The molecule has 6 heteroatoms. The fourth-order valence-electron chi connectivity index (χ4n) is 2.50. The monoisotopic (exact) mass is 347 g/mol. The van der Waals surface area contributed by atoms with Crippen molar-refractivity contribution < 1.29 is 13.9 Å².